The number of hydrogen-bond acceptors (Lipinski definition) is 5. The summed E-state index contributed by atoms with van der Waals surface area (Å²) in [7, 11) is 0. The number of amides is 1. The third-order valence-electron chi connectivity index (χ3n) is 6.24. The highest BCUT2D eigenvalue weighted by Crippen LogP contribution is 2.42. The van der Waals surface area contributed by atoms with Gasteiger partial charge in [0.1, 0.15) is 5.58 Å². The number of fused-ring (bicyclic) bond motifs is 2. The van der Waals surface area contributed by atoms with Gasteiger partial charge < -0.3 is 19.4 Å². The number of furan rings is 1. The Morgan fingerprint density at radius 3 is 2.83 bits per heavy atom. The van der Waals surface area contributed by atoms with Crippen LogP contribution in [0.1, 0.15) is 27.7 Å². The molecule has 0 bridgehead atoms. The fourth-order valence-corrected chi connectivity index (χ4v) is 4.82. The summed E-state index contributed by atoms with van der Waals surface area (Å²) in [5.74, 6) is -1.77. The molecule has 0 aliphatic carbocycles. The van der Waals surface area contributed by atoms with Crippen LogP contribution in [0, 0.1) is 0 Å². The van der Waals surface area contributed by atoms with E-state index in [1.54, 1.807) is 48.9 Å². The van der Waals surface area contributed by atoms with Gasteiger partial charge in [0.15, 0.2) is 11.5 Å². The second-order valence-electron chi connectivity index (χ2n) is 8.37. The van der Waals surface area contributed by atoms with E-state index in [1.807, 2.05) is 30.3 Å². The van der Waals surface area contributed by atoms with E-state index >= 15 is 0 Å². The van der Waals surface area contributed by atoms with Gasteiger partial charge >= 0.3 is 0 Å². The van der Waals surface area contributed by atoms with Crippen molar-refractivity contribution in [2.45, 2.75) is 12.6 Å². The Bertz CT molecular complexity index is 1650. The number of benzene rings is 2. The van der Waals surface area contributed by atoms with Crippen LogP contribution in [-0.2, 0) is 11.3 Å². The molecule has 1 amide bonds. The van der Waals surface area contributed by atoms with Crippen molar-refractivity contribution >= 4 is 45.2 Å². The smallest absolute Gasteiger partial charge is 0.290 e. The van der Waals surface area contributed by atoms with Gasteiger partial charge in [-0.3, -0.25) is 14.6 Å². The molecule has 2 N–H and O–H groups in total. The number of carbonyl (C=O) groups excluding carboxylic acids is 2. The summed E-state index contributed by atoms with van der Waals surface area (Å²) in [5.41, 5.74) is 2.77. The Kier molecular flexibility index (Phi) is 4.93. The van der Waals surface area contributed by atoms with Crippen molar-refractivity contribution in [3.63, 3.8) is 0 Å². The Morgan fingerprint density at radius 1 is 1.14 bits per heavy atom. The lowest BCUT2D eigenvalue weighted by Gasteiger charge is -2.26. The second-order valence-corrected chi connectivity index (χ2v) is 8.81. The molecule has 1 aliphatic rings. The van der Waals surface area contributed by atoms with Gasteiger partial charge in [-0.25, -0.2) is 0 Å². The number of aliphatic hydroxyl groups excluding tert-OH is 1. The van der Waals surface area contributed by atoms with Gasteiger partial charge in [0.2, 0.25) is 5.78 Å². The Hall–Kier alpha value is -4.36. The van der Waals surface area contributed by atoms with Gasteiger partial charge in [-0.05, 0) is 42.0 Å². The normalized spacial score (nSPS) is 16.1. The van der Waals surface area contributed by atoms with Gasteiger partial charge in [-0.15, -0.1) is 0 Å². The fraction of sp³-hybridized carbons (Fsp3) is 0.0741. The summed E-state index contributed by atoms with van der Waals surface area (Å²) in [5, 5.41) is 13.0. The number of carbonyl (C=O) groups is 2. The predicted octanol–water partition coefficient (Wildman–Crippen LogP) is 5.74. The molecule has 1 unspecified atom stereocenters. The number of aliphatic hydroxyl groups is 1. The highest BCUT2D eigenvalue weighted by atomic mass is 35.5. The first-order valence-corrected chi connectivity index (χ1v) is 11.3. The number of rotatable bonds is 5. The summed E-state index contributed by atoms with van der Waals surface area (Å²) < 4.78 is 5.79. The topological polar surface area (TPSA) is 99.4 Å². The maximum atomic E-state index is 13.8. The molecule has 35 heavy (non-hydrogen) atoms. The molecule has 8 heteroatoms. The van der Waals surface area contributed by atoms with Gasteiger partial charge in [-0.2, -0.15) is 0 Å². The van der Waals surface area contributed by atoms with Crippen LogP contribution in [0.2, 0.25) is 5.02 Å². The van der Waals surface area contributed by atoms with Crippen molar-refractivity contribution in [1.29, 1.82) is 0 Å². The molecule has 0 radical (unpaired) electrons. The van der Waals surface area contributed by atoms with E-state index in [1.165, 1.54) is 4.90 Å². The quantitative estimate of drug-likeness (QED) is 0.310. The molecule has 5 aromatic rings. The Morgan fingerprint density at radius 2 is 2.00 bits per heavy atom. The maximum Gasteiger partial charge on any atom is 0.290 e. The average molecular weight is 484 g/mol. The zero-order chi connectivity index (χ0) is 24.1. The first kappa shape index (κ1) is 21.2. The lowest BCUT2D eigenvalue weighted by molar-refractivity contribution is -0.130. The Labute approximate surface area is 204 Å². The SMILES string of the molecule is O=C(C1=C(O)C(=O)N(Cc2cccnc2)C1c1c[nH]c2ccccc12)c1cc2cc(Cl)ccc2o1. The lowest BCUT2D eigenvalue weighted by Crippen LogP contribution is -2.30. The molecule has 1 atom stereocenters. The van der Waals surface area contributed by atoms with Gasteiger partial charge in [0.05, 0.1) is 11.6 Å². The molecule has 0 fully saturated rings. The minimum Gasteiger partial charge on any atom is -0.503 e. The molecule has 6 rings (SSSR count). The number of aromatic amines is 1. The van der Waals surface area contributed by atoms with Crippen LogP contribution in [0.25, 0.3) is 21.9 Å². The molecule has 7 nitrogen and oxygen atoms in total. The number of nitrogens with zero attached hydrogens (tertiary/aromatic N) is 2. The van der Waals surface area contributed by atoms with Crippen LogP contribution >= 0.6 is 11.6 Å². The minimum absolute atomic E-state index is 0.0182. The molecule has 4 heterocycles. The number of hydrogen-bond donors (Lipinski definition) is 2. The van der Waals surface area contributed by atoms with Crippen molar-refractivity contribution in [1.82, 2.24) is 14.9 Å². The average Bonchev–Trinajstić information content (AvgIpc) is 3.55. The standard InChI is InChI=1S/C27H18ClN3O4/c28-17-7-8-21-16(10-17)11-22(35-21)25(32)23-24(19-13-30-20-6-2-1-5-18(19)20)31(27(34)26(23)33)14-15-4-3-9-29-12-15/h1-13,24,30,33H,14H2. The van der Waals surface area contributed by atoms with E-state index in [0.29, 0.717) is 21.6 Å². The summed E-state index contributed by atoms with van der Waals surface area (Å²) in [6.07, 6.45) is 5.06. The first-order chi connectivity index (χ1) is 17.0. The number of nitrogens with one attached hydrogen (secondary N) is 1. The van der Waals surface area contributed by atoms with Crippen LogP contribution in [0.5, 0.6) is 0 Å². The molecule has 0 spiro atoms. The monoisotopic (exact) mass is 483 g/mol. The van der Waals surface area contributed by atoms with Crippen LogP contribution < -0.4 is 0 Å². The summed E-state index contributed by atoms with van der Waals surface area (Å²) in [4.78, 5) is 35.9. The van der Waals surface area contributed by atoms with E-state index in [4.69, 9.17) is 16.0 Å². The second kappa shape index (κ2) is 8.14. The number of para-hydroxylation sites is 1. The van der Waals surface area contributed by atoms with Crippen LogP contribution in [-0.4, -0.2) is 31.7 Å². The zero-order valence-corrected chi connectivity index (χ0v) is 19.0. The highest BCUT2D eigenvalue weighted by Gasteiger charge is 2.45. The summed E-state index contributed by atoms with van der Waals surface area (Å²) in [6, 6.07) is 17.0. The molecule has 172 valence electrons. The molecule has 2 aromatic carbocycles. The molecule has 0 saturated heterocycles. The van der Waals surface area contributed by atoms with E-state index in [-0.39, 0.29) is 17.9 Å². The number of ketones is 1. The van der Waals surface area contributed by atoms with Gasteiger partial charge in [-0.1, -0.05) is 35.9 Å². The van der Waals surface area contributed by atoms with Crippen molar-refractivity contribution in [3.8, 4) is 0 Å². The van der Waals surface area contributed by atoms with Crippen molar-refractivity contribution in [2.75, 3.05) is 0 Å². The minimum atomic E-state index is -0.830. The van der Waals surface area contributed by atoms with E-state index in [0.717, 1.165) is 16.5 Å². The van der Waals surface area contributed by atoms with Crippen LogP contribution in [0.15, 0.2) is 95.0 Å². The van der Waals surface area contributed by atoms with Crippen molar-refractivity contribution < 1.29 is 19.1 Å². The van der Waals surface area contributed by atoms with Crippen LogP contribution in [0.4, 0.5) is 0 Å². The van der Waals surface area contributed by atoms with Crippen LogP contribution in [0.3, 0.4) is 0 Å². The largest absolute Gasteiger partial charge is 0.503 e. The molecule has 3 aromatic heterocycles. The van der Waals surface area contributed by atoms with Crippen molar-refractivity contribution in [3.05, 3.63) is 112 Å². The number of halogens is 1. The molecule has 1 aliphatic heterocycles. The van der Waals surface area contributed by atoms with E-state index in [9.17, 15) is 14.7 Å². The lowest BCUT2D eigenvalue weighted by atomic mass is 9.94. The molecule has 0 saturated carbocycles. The Balaban J connectivity index is 1.50. The van der Waals surface area contributed by atoms with E-state index in [2.05, 4.69) is 9.97 Å². The fourth-order valence-electron chi connectivity index (χ4n) is 4.64. The van der Waals surface area contributed by atoms with E-state index < -0.39 is 23.5 Å². The third kappa shape index (κ3) is 3.48. The third-order valence-corrected chi connectivity index (χ3v) is 6.48. The van der Waals surface area contributed by atoms with Crippen molar-refractivity contribution in [2.24, 2.45) is 0 Å². The maximum absolute atomic E-state index is 13.8. The van der Waals surface area contributed by atoms with Gasteiger partial charge in [0, 0.05) is 52.0 Å². The molecular formula is C27H18ClN3O4. The number of pyridine rings is 1. The first-order valence-electron chi connectivity index (χ1n) is 10.9. The zero-order valence-electron chi connectivity index (χ0n) is 18.2. The number of H-pyrrole nitrogens is 1. The highest BCUT2D eigenvalue weighted by molar-refractivity contribution is 6.31. The number of Topliss-reactive ketones (excluding diaryl/α,β-unsaturated/α-hetero) is 1. The summed E-state index contributed by atoms with van der Waals surface area (Å²) in [6.45, 7) is 0.160. The molecular weight excluding hydrogens is 466 g/mol. The van der Waals surface area contributed by atoms with Gasteiger partial charge in [0.25, 0.3) is 5.91 Å². The predicted molar refractivity (Wildman–Crippen MR) is 131 cm³/mol. The number of aromatic nitrogens is 2. The summed E-state index contributed by atoms with van der Waals surface area (Å²) >= 11 is 6.08.